The molecule has 0 spiro atoms. The smallest absolute Gasteiger partial charge is 0.245 e. The maximum Gasteiger partial charge on any atom is 0.245 e. The van der Waals surface area contributed by atoms with Gasteiger partial charge in [-0.05, 0) is 30.7 Å². The van der Waals surface area contributed by atoms with Crippen molar-refractivity contribution in [3.05, 3.63) is 15.8 Å². The van der Waals surface area contributed by atoms with E-state index in [9.17, 15) is 8.42 Å². The number of aryl methyl sites for hydroxylation is 1. The fourth-order valence-electron chi connectivity index (χ4n) is 2.08. The van der Waals surface area contributed by atoms with Crippen LogP contribution in [0, 0.1) is 19.3 Å². The quantitative estimate of drug-likeness (QED) is 0.783. The number of hydrogen-bond donors (Lipinski definition) is 1. The predicted octanol–water partition coefficient (Wildman–Crippen LogP) is 1.95. The highest BCUT2D eigenvalue weighted by Crippen LogP contribution is 2.30. The first-order valence-corrected chi connectivity index (χ1v) is 9.06. The van der Waals surface area contributed by atoms with Crippen molar-refractivity contribution in [3.8, 4) is 12.3 Å². The summed E-state index contributed by atoms with van der Waals surface area (Å²) in [4.78, 5) is 1.32. The molecule has 4 nitrogen and oxygen atoms in total. The van der Waals surface area contributed by atoms with Gasteiger partial charge in [0.25, 0.3) is 0 Å². The van der Waals surface area contributed by atoms with Gasteiger partial charge >= 0.3 is 0 Å². The van der Waals surface area contributed by atoms with E-state index in [0.717, 1.165) is 10.4 Å². The van der Waals surface area contributed by atoms with Gasteiger partial charge in [0.1, 0.15) is 4.90 Å². The molecule has 20 heavy (non-hydrogen) atoms. The molecule has 1 aromatic heterocycles. The molecule has 0 saturated heterocycles. The standard InChI is InChI=1S/C14H20N2O2S2/c1-4-8-16(5-2)20(17,18)14-11(3)10-19-13(14)9-15-12-6-7-12/h1,10,12,15H,5-9H2,2-3H3. The van der Waals surface area contributed by atoms with E-state index < -0.39 is 10.0 Å². The molecule has 0 unspecified atom stereocenters. The Morgan fingerprint density at radius 1 is 1.55 bits per heavy atom. The van der Waals surface area contributed by atoms with Gasteiger partial charge in [0, 0.05) is 24.0 Å². The van der Waals surface area contributed by atoms with E-state index >= 15 is 0 Å². The number of hydrogen-bond acceptors (Lipinski definition) is 4. The number of sulfonamides is 1. The topological polar surface area (TPSA) is 49.4 Å². The van der Waals surface area contributed by atoms with Crippen molar-refractivity contribution in [2.75, 3.05) is 13.1 Å². The zero-order chi connectivity index (χ0) is 14.8. The molecule has 0 radical (unpaired) electrons. The molecule has 0 atom stereocenters. The van der Waals surface area contributed by atoms with Crippen LogP contribution in [0.5, 0.6) is 0 Å². The van der Waals surface area contributed by atoms with Crippen molar-refractivity contribution in [1.82, 2.24) is 9.62 Å². The Morgan fingerprint density at radius 2 is 2.25 bits per heavy atom. The lowest BCUT2D eigenvalue weighted by Gasteiger charge is -2.19. The second-order valence-corrected chi connectivity index (χ2v) is 7.80. The summed E-state index contributed by atoms with van der Waals surface area (Å²) in [5.41, 5.74) is 0.804. The summed E-state index contributed by atoms with van der Waals surface area (Å²) in [5.74, 6) is 2.42. The minimum atomic E-state index is -3.50. The summed E-state index contributed by atoms with van der Waals surface area (Å²) in [5, 5.41) is 5.28. The third-order valence-corrected chi connectivity index (χ3v) is 6.72. The Labute approximate surface area is 125 Å². The number of terminal acetylenes is 1. The van der Waals surface area contributed by atoms with Gasteiger partial charge in [-0.1, -0.05) is 12.8 Å². The molecule has 1 aliphatic rings. The summed E-state index contributed by atoms with van der Waals surface area (Å²) >= 11 is 1.50. The van der Waals surface area contributed by atoms with Gasteiger partial charge in [0.05, 0.1) is 6.54 Å². The maximum atomic E-state index is 12.7. The number of thiophene rings is 1. The zero-order valence-electron chi connectivity index (χ0n) is 11.8. The highest BCUT2D eigenvalue weighted by atomic mass is 32.2. The Bertz CT molecular complexity index is 610. The van der Waals surface area contributed by atoms with E-state index in [1.165, 1.54) is 28.5 Å². The van der Waals surface area contributed by atoms with Crippen molar-refractivity contribution < 1.29 is 8.42 Å². The van der Waals surface area contributed by atoms with Gasteiger partial charge in [0.15, 0.2) is 0 Å². The van der Waals surface area contributed by atoms with Crippen molar-refractivity contribution in [1.29, 1.82) is 0 Å². The Balaban J connectivity index is 2.29. The van der Waals surface area contributed by atoms with Crippen molar-refractivity contribution in [2.24, 2.45) is 0 Å². The van der Waals surface area contributed by atoms with Gasteiger partial charge in [-0.15, -0.1) is 17.8 Å². The highest BCUT2D eigenvalue weighted by Gasteiger charge is 2.29. The monoisotopic (exact) mass is 312 g/mol. The van der Waals surface area contributed by atoms with Gasteiger partial charge in [-0.3, -0.25) is 0 Å². The molecule has 1 heterocycles. The van der Waals surface area contributed by atoms with Crippen LogP contribution in [0.25, 0.3) is 0 Å². The molecule has 110 valence electrons. The average molecular weight is 312 g/mol. The molecular formula is C14H20N2O2S2. The Morgan fingerprint density at radius 3 is 2.80 bits per heavy atom. The molecule has 2 rings (SSSR count). The van der Waals surface area contributed by atoms with Gasteiger partial charge in [-0.2, -0.15) is 4.31 Å². The van der Waals surface area contributed by atoms with Crippen LogP contribution >= 0.6 is 11.3 Å². The molecule has 1 aromatic rings. The van der Waals surface area contributed by atoms with Crippen LogP contribution in [-0.4, -0.2) is 31.9 Å². The molecule has 0 aliphatic heterocycles. The fraction of sp³-hybridized carbons (Fsp3) is 0.571. The van der Waals surface area contributed by atoms with E-state index in [1.807, 2.05) is 12.3 Å². The molecule has 0 aromatic carbocycles. The lowest BCUT2D eigenvalue weighted by molar-refractivity contribution is 0.463. The normalized spacial score (nSPS) is 15.5. The van der Waals surface area contributed by atoms with Gasteiger partial charge in [-0.25, -0.2) is 8.42 Å². The van der Waals surface area contributed by atoms with Gasteiger partial charge < -0.3 is 5.32 Å². The van der Waals surface area contributed by atoms with E-state index in [0.29, 0.717) is 24.0 Å². The largest absolute Gasteiger partial charge is 0.309 e. The van der Waals surface area contributed by atoms with E-state index in [-0.39, 0.29) is 6.54 Å². The third-order valence-electron chi connectivity index (χ3n) is 3.34. The molecule has 0 amide bonds. The summed E-state index contributed by atoms with van der Waals surface area (Å²) in [7, 11) is -3.50. The molecule has 1 saturated carbocycles. The van der Waals surface area contributed by atoms with E-state index in [4.69, 9.17) is 6.42 Å². The first-order chi connectivity index (χ1) is 9.50. The minimum Gasteiger partial charge on any atom is -0.309 e. The highest BCUT2D eigenvalue weighted by molar-refractivity contribution is 7.89. The van der Waals surface area contributed by atoms with Crippen LogP contribution in [-0.2, 0) is 16.6 Å². The summed E-state index contributed by atoms with van der Waals surface area (Å²) in [6.07, 6.45) is 7.64. The van der Waals surface area contributed by atoms with Crippen LogP contribution < -0.4 is 5.32 Å². The maximum absolute atomic E-state index is 12.7. The van der Waals surface area contributed by atoms with Gasteiger partial charge in [0.2, 0.25) is 10.0 Å². The van der Waals surface area contributed by atoms with Crippen LogP contribution in [0.1, 0.15) is 30.2 Å². The van der Waals surface area contributed by atoms with Crippen LogP contribution in [0.15, 0.2) is 10.3 Å². The Hall–Kier alpha value is -0.870. The van der Waals surface area contributed by atoms with Crippen molar-refractivity contribution >= 4 is 21.4 Å². The number of nitrogens with zero attached hydrogens (tertiary/aromatic N) is 1. The SMILES string of the molecule is C#CCN(CC)S(=O)(=O)c1c(C)csc1CNC1CC1. The van der Waals surface area contributed by atoms with Crippen molar-refractivity contribution in [2.45, 2.75) is 44.2 Å². The number of nitrogens with one attached hydrogen (secondary N) is 1. The van der Waals surface area contributed by atoms with Crippen molar-refractivity contribution in [3.63, 3.8) is 0 Å². The van der Waals surface area contributed by atoms with E-state index in [1.54, 1.807) is 6.92 Å². The zero-order valence-corrected chi connectivity index (χ0v) is 13.5. The molecule has 1 N–H and O–H groups in total. The van der Waals surface area contributed by atoms with Crippen LogP contribution in [0.2, 0.25) is 0 Å². The fourth-order valence-corrected chi connectivity index (χ4v) is 5.15. The second-order valence-electron chi connectivity index (χ2n) is 4.96. The predicted molar refractivity (Wildman–Crippen MR) is 82.2 cm³/mol. The first kappa shape index (κ1) is 15.5. The first-order valence-electron chi connectivity index (χ1n) is 6.74. The Kier molecular flexibility index (Phi) is 4.86. The lowest BCUT2D eigenvalue weighted by Crippen LogP contribution is -2.32. The number of rotatable bonds is 7. The van der Waals surface area contributed by atoms with E-state index in [2.05, 4.69) is 11.2 Å². The lowest BCUT2D eigenvalue weighted by atomic mass is 10.3. The summed E-state index contributed by atoms with van der Waals surface area (Å²) in [6.45, 7) is 4.76. The molecule has 1 aliphatic carbocycles. The molecule has 6 heteroatoms. The molecule has 0 bridgehead atoms. The summed E-state index contributed by atoms with van der Waals surface area (Å²) < 4.78 is 26.8. The molecular weight excluding hydrogens is 292 g/mol. The van der Waals surface area contributed by atoms with Crippen LogP contribution in [0.3, 0.4) is 0 Å². The summed E-state index contributed by atoms with van der Waals surface area (Å²) in [6, 6.07) is 0.556. The average Bonchev–Trinajstić information content (AvgIpc) is 3.15. The van der Waals surface area contributed by atoms with Crippen LogP contribution in [0.4, 0.5) is 0 Å². The second kappa shape index (κ2) is 6.27. The molecule has 1 fully saturated rings. The minimum absolute atomic E-state index is 0.115. The third kappa shape index (κ3) is 3.23.